The lowest BCUT2D eigenvalue weighted by Crippen LogP contribution is -2.34. The third-order valence-electron chi connectivity index (χ3n) is 3.03. The first-order chi connectivity index (χ1) is 9.54. The molecule has 0 aliphatic carbocycles. The van der Waals surface area contributed by atoms with Crippen LogP contribution in [0.2, 0.25) is 5.02 Å². The topological polar surface area (TPSA) is 54.9 Å². The van der Waals surface area contributed by atoms with Gasteiger partial charge in [-0.2, -0.15) is 0 Å². The van der Waals surface area contributed by atoms with Crippen LogP contribution in [0.5, 0.6) is 0 Å². The van der Waals surface area contributed by atoms with Crippen LogP contribution in [0, 0.1) is 6.92 Å². The van der Waals surface area contributed by atoms with E-state index in [1.54, 1.807) is 24.3 Å². The van der Waals surface area contributed by atoms with E-state index in [0.717, 1.165) is 10.4 Å². The second-order valence-corrected chi connectivity index (χ2v) is 6.24. The maximum atomic E-state index is 12.4. The molecule has 0 aliphatic rings. The Bertz CT molecular complexity index is 907. The van der Waals surface area contributed by atoms with Gasteiger partial charge >= 0.3 is 5.69 Å². The van der Waals surface area contributed by atoms with Crippen molar-refractivity contribution in [3.63, 3.8) is 0 Å². The van der Waals surface area contributed by atoms with E-state index in [4.69, 9.17) is 11.6 Å². The average Bonchev–Trinajstić information content (AvgIpc) is 2.75. The summed E-state index contributed by atoms with van der Waals surface area (Å²) >= 11 is 7.33. The van der Waals surface area contributed by atoms with Gasteiger partial charge in [-0.1, -0.05) is 23.7 Å². The molecule has 4 nitrogen and oxygen atoms in total. The summed E-state index contributed by atoms with van der Waals surface area (Å²) in [6, 6.07) is 8.93. The van der Waals surface area contributed by atoms with Crippen molar-refractivity contribution in [1.29, 1.82) is 0 Å². The minimum absolute atomic E-state index is 0.208. The lowest BCUT2D eigenvalue weighted by Gasteiger charge is -2.05. The number of hydrogen-bond donors (Lipinski definition) is 1. The zero-order chi connectivity index (χ0) is 14.3. The highest BCUT2D eigenvalue weighted by atomic mass is 35.5. The summed E-state index contributed by atoms with van der Waals surface area (Å²) in [5.74, 6) is 0. The summed E-state index contributed by atoms with van der Waals surface area (Å²) in [4.78, 5) is 28.8. The highest BCUT2D eigenvalue weighted by molar-refractivity contribution is 7.18. The second-order valence-electron chi connectivity index (χ2n) is 4.55. The van der Waals surface area contributed by atoms with Crippen LogP contribution in [0.4, 0.5) is 0 Å². The zero-order valence-electron chi connectivity index (χ0n) is 10.6. The quantitative estimate of drug-likeness (QED) is 0.791. The number of aromatic nitrogens is 2. The fraction of sp³-hybridized carbons (Fsp3) is 0.143. The molecule has 102 valence electrons. The largest absolute Gasteiger partial charge is 0.329 e. The fourth-order valence-corrected chi connectivity index (χ4v) is 3.24. The SMILES string of the molecule is Cc1cc2c(=O)n(Cc3cccc(Cl)c3)c(=O)[nH]c2s1. The molecule has 2 aromatic heterocycles. The number of hydrogen-bond acceptors (Lipinski definition) is 3. The highest BCUT2D eigenvalue weighted by Gasteiger charge is 2.10. The molecule has 0 atom stereocenters. The van der Waals surface area contributed by atoms with Crippen LogP contribution in [-0.4, -0.2) is 9.55 Å². The number of H-pyrrole nitrogens is 1. The van der Waals surface area contributed by atoms with E-state index in [0.29, 0.717) is 15.2 Å². The van der Waals surface area contributed by atoms with Crippen molar-refractivity contribution in [2.45, 2.75) is 13.5 Å². The molecule has 20 heavy (non-hydrogen) atoms. The number of aromatic amines is 1. The summed E-state index contributed by atoms with van der Waals surface area (Å²) in [6.07, 6.45) is 0. The van der Waals surface area contributed by atoms with Crippen molar-refractivity contribution in [2.75, 3.05) is 0 Å². The number of halogens is 1. The number of benzene rings is 1. The highest BCUT2D eigenvalue weighted by Crippen LogP contribution is 2.18. The first-order valence-corrected chi connectivity index (χ1v) is 7.22. The molecule has 0 radical (unpaired) electrons. The molecule has 1 N–H and O–H groups in total. The number of thiophene rings is 1. The van der Waals surface area contributed by atoms with E-state index in [1.165, 1.54) is 15.9 Å². The van der Waals surface area contributed by atoms with E-state index in [2.05, 4.69) is 4.98 Å². The molecule has 0 unspecified atom stereocenters. The van der Waals surface area contributed by atoms with Crippen LogP contribution < -0.4 is 11.2 Å². The molecule has 2 heterocycles. The summed E-state index contributed by atoms with van der Waals surface area (Å²) in [5.41, 5.74) is 0.147. The van der Waals surface area contributed by atoms with Gasteiger partial charge in [0, 0.05) is 9.90 Å². The molecule has 0 saturated heterocycles. The summed E-state index contributed by atoms with van der Waals surface area (Å²) in [6.45, 7) is 2.11. The van der Waals surface area contributed by atoms with Gasteiger partial charge in [-0.15, -0.1) is 11.3 Å². The van der Waals surface area contributed by atoms with Crippen LogP contribution in [0.3, 0.4) is 0 Å². The predicted molar refractivity (Wildman–Crippen MR) is 82.0 cm³/mol. The molecular formula is C14H11ClN2O2S. The third-order valence-corrected chi connectivity index (χ3v) is 4.23. The van der Waals surface area contributed by atoms with E-state index < -0.39 is 5.69 Å². The van der Waals surface area contributed by atoms with E-state index in [-0.39, 0.29) is 12.1 Å². The Morgan fingerprint density at radius 1 is 1.30 bits per heavy atom. The molecule has 0 fully saturated rings. The molecule has 0 spiro atoms. The zero-order valence-corrected chi connectivity index (χ0v) is 12.2. The van der Waals surface area contributed by atoms with Gasteiger partial charge in [-0.3, -0.25) is 14.3 Å². The molecule has 0 aliphatic heterocycles. The smallest absolute Gasteiger partial charge is 0.298 e. The molecule has 0 amide bonds. The Morgan fingerprint density at radius 2 is 2.10 bits per heavy atom. The molecule has 0 saturated carbocycles. The maximum absolute atomic E-state index is 12.4. The van der Waals surface area contributed by atoms with Crippen LogP contribution in [0.25, 0.3) is 10.2 Å². The lowest BCUT2D eigenvalue weighted by molar-refractivity contribution is 0.713. The molecule has 0 bridgehead atoms. The Kier molecular flexibility index (Phi) is 3.23. The van der Waals surface area contributed by atoms with Crippen molar-refractivity contribution < 1.29 is 0 Å². The van der Waals surface area contributed by atoms with Gasteiger partial charge in [-0.25, -0.2) is 4.79 Å². The number of nitrogens with one attached hydrogen (secondary N) is 1. The maximum Gasteiger partial charge on any atom is 0.329 e. The van der Waals surface area contributed by atoms with Crippen LogP contribution in [-0.2, 0) is 6.54 Å². The number of fused-ring (bicyclic) bond motifs is 1. The summed E-state index contributed by atoms with van der Waals surface area (Å²) < 4.78 is 1.19. The average molecular weight is 307 g/mol. The van der Waals surface area contributed by atoms with Gasteiger partial charge in [-0.05, 0) is 30.7 Å². The fourth-order valence-electron chi connectivity index (χ4n) is 2.13. The Morgan fingerprint density at radius 3 is 2.85 bits per heavy atom. The van der Waals surface area contributed by atoms with Crippen LogP contribution >= 0.6 is 22.9 Å². The monoisotopic (exact) mass is 306 g/mol. The predicted octanol–water partition coefficient (Wildman–Crippen LogP) is 2.76. The Balaban J connectivity index is 2.16. The molecule has 1 aromatic carbocycles. The van der Waals surface area contributed by atoms with Gasteiger partial charge in [0.05, 0.1) is 11.9 Å². The lowest BCUT2D eigenvalue weighted by atomic mass is 10.2. The van der Waals surface area contributed by atoms with Gasteiger partial charge < -0.3 is 0 Å². The number of aryl methyl sites for hydroxylation is 1. The number of rotatable bonds is 2. The summed E-state index contributed by atoms with van der Waals surface area (Å²) in [7, 11) is 0. The van der Waals surface area contributed by atoms with Gasteiger partial charge in [0.25, 0.3) is 5.56 Å². The van der Waals surface area contributed by atoms with E-state index >= 15 is 0 Å². The Hall–Kier alpha value is -1.85. The minimum atomic E-state index is -0.399. The van der Waals surface area contributed by atoms with Gasteiger partial charge in [0.2, 0.25) is 0 Å². The van der Waals surface area contributed by atoms with Crippen molar-refractivity contribution in [3.05, 3.63) is 66.6 Å². The normalized spacial score (nSPS) is 11.1. The van der Waals surface area contributed by atoms with Crippen molar-refractivity contribution in [3.8, 4) is 0 Å². The standard InChI is InChI=1S/C14H11ClN2O2S/c1-8-5-11-12(20-8)16-14(19)17(13(11)18)7-9-3-2-4-10(15)6-9/h2-6H,7H2,1H3,(H,16,19). The van der Waals surface area contributed by atoms with Crippen LogP contribution in [0.15, 0.2) is 39.9 Å². The molecule has 3 aromatic rings. The first kappa shape index (κ1) is 13.1. The van der Waals surface area contributed by atoms with E-state index in [1.807, 2.05) is 13.0 Å². The minimum Gasteiger partial charge on any atom is -0.298 e. The third kappa shape index (κ3) is 2.30. The van der Waals surface area contributed by atoms with Crippen LogP contribution in [0.1, 0.15) is 10.4 Å². The number of nitrogens with zero attached hydrogens (tertiary/aromatic N) is 1. The van der Waals surface area contributed by atoms with Gasteiger partial charge in [0.15, 0.2) is 0 Å². The van der Waals surface area contributed by atoms with Crippen molar-refractivity contribution >= 4 is 33.2 Å². The first-order valence-electron chi connectivity index (χ1n) is 6.02. The Labute approximate surface area is 123 Å². The molecule has 3 rings (SSSR count). The van der Waals surface area contributed by atoms with Crippen molar-refractivity contribution in [1.82, 2.24) is 9.55 Å². The van der Waals surface area contributed by atoms with Gasteiger partial charge in [0.1, 0.15) is 4.83 Å². The summed E-state index contributed by atoms with van der Waals surface area (Å²) in [5, 5.41) is 1.13. The second kappa shape index (κ2) is 4.92. The molecular weight excluding hydrogens is 296 g/mol. The van der Waals surface area contributed by atoms with E-state index in [9.17, 15) is 9.59 Å². The van der Waals surface area contributed by atoms with Crippen molar-refractivity contribution in [2.24, 2.45) is 0 Å². The molecule has 6 heteroatoms.